The molecule has 0 aromatic carbocycles. The number of quaternary nitrogens is 1. The van der Waals surface area contributed by atoms with Crippen LogP contribution in [-0.2, 0) is 11.8 Å². The Morgan fingerprint density at radius 1 is 1.45 bits per heavy atom. The third kappa shape index (κ3) is 4.34. The first-order valence-corrected chi connectivity index (χ1v) is 8.15. The number of amides is 3. The van der Waals surface area contributed by atoms with Gasteiger partial charge in [0.15, 0.2) is 6.54 Å². The van der Waals surface area contributed by atoms with Crippen molar-refractivity contribution in [3.05, 3.63) is 24.0 Å². The molecule has 2 atom stereocenters. The smallest absolute Gasteiger partial charge is 0.321 e. The highest BCUT2D eigenvalue weighted by molar-refractivity contribution is 5.94. The number of aromatic nitrogens is 1. The van der Waals surface area contributed by atoms with E-state index < -0.39 is 0 Å². The molecule has 1 saturated heterocycles. The van der Waals surface area contributed by atoms with E-state index in [4.69, 9.17) is 0 Å². The summed E-state index contributed by atoms with van der Waals surface area (Å²) < 4.78 is 2.12. The molecule has 3 amide bonds. The van der Waals surface area contributed by atoms with Gasteiger partial charge in [-0.3, -0.25) is 10.1 Å². The molecule has 0 aliphatic carbocycles. The average molecular weight is 307 g/mol. The third-order valence-corrected chi connectivity index (χ3v) is 4.28. The fourth-order valence-corrected chi connectivity index (χ4v) is 3.12. The second kappa shape index (κ2) is 7.98. The number of rotatable bonds is 6. The van der Waals surface area contributed by atoms with Crippen LogP contribution in [0, 0.1) is 0 Å². The maximum Gasteiger partial charge on any atom is 0.321 e. The maximum absolute atomic E-state index is 12.0. The fourth-order valence-electron chi connectivity index (χ4n) is 3.12. The largest absolute Gasteiger partial charge is 0.350 e. The van der Waals surface area contributed by atoms with Crippen LogP contribution in [0.4, 0.5) is 4.79 Å². The Labute approximate surface area is 131 Å². The summed E-state index contributed by atoms with van der Waals surface area (Å²) in [6, 6.07) is 4.11. The van der Waals surface area contributed by atoms with Crippen molar-refractivity contribution in [1.82, 2.24) is 15.2 Å². The van der Waals surface area contributed by atoms with Crippen molar-refractivity contribution in [3.63, 3.8) is 0 Å². The molecule has 1 aromatic heterocycles. The quantitative estimate of drug-likeness (QED) is 0.665. The van der Waals surface area contributed by atoms with Gasteiger partial charge in [-0.1, -0.05) is 13.3 Å². The van der Waals surface area contributed by atoms with Crippen molar-refractivity contribution < 1.29 is 14.5 Å². The SMILES string of the molecule is CCCCNC(=O)NC(=O)C[NH+]1CCC[C@H]1c1cccn1C. The number of carbonyl (C=O) groups is 2. The first-order chi connectivity index (χ1) is 10.6. The van der Waals surface area contributed by atoms with Crippen LogP contribution < -0.4 is 15.5 Å². The lowest BCUT2D eigenvalue weighted by Crippen LogP contribution is -3.11. The molecule has 6 heteroatoms. The molecule has 1 fully saturated rings. The minimum atomic E-state index is -0.382. The molecule has 6 nitrogen and oxygen atoms in total. The molecule has 0 spiro atoms. The van der Waals surface area contributed by atoms with E-state index in [0.29, 0.717) is 19.1 Å². The molecule has 22 heavy (non-hydrogen) atoms. The lowest BCUT2D eigenvalue weighted by molar-refractivity contribution is -0.911. The predicted octanol–water partition coefficient (Wildman–Crippen LogP) is 0.371. The standard InChI is InChI=1S/C16H26N4O2/c1-3-4-9-17-16(22)18-15(21)12-20-11-6-8-14(20)13-7-5-10-19(13)2/h5,7,10,14H,3-4,6,8-9,11-12H2,1-2H3,(H2,17,18,21,22)/p+1/t14-/m0/s1. The molecule has 122 valence electrons. The number of aryl methyl sites for hydroxylation is 1. The van der Waals surface area contributed by atoms with Crippen LogP contribution in [0.25, 0.3) is 0 Å². The van der Waals surface area contributed by atoms with Gasteiger partial charge in [-0.25, -0.2) is 4.79 Å². The van der Waals surface area contributed by atoms with Crippen molar-refractivity contribution in [1.29, 1.82) is 0 Å². The van der Waals surface area contributed by atoms with Crippen LogP contribution in [0.1, 0.15) is 44.3 Å². The monoisotopic (exact) mass is 307 g/mol. The van der Waals surface area contributed by atoms with Crippen LogP contribution in [-0.4, -0.2) is 36.1 Å². The van der Waals surface area contributed by atoms with E-state index in [-0.39, 0.29) is 11.9 Å². The Morgan fingerprint density at radius 2 is 2.27 bits per heavy atom. The van der Waals surface area contributed by atoms with Crippen molar-refractivity contribution in [3.8, 4) is 0 Å². The molecule has 1 aromatic rings. The summed E-state index contributed by atoms with van der Waals surface area (Å²) in [7, 11) is 2.03. The number of nitrogens with zero attached hydrogens (tertiary/aromatic N) is 1. The Hall–Kier alpha value is -1.82. The van der Waals surface area contributed by atoms with E-state index in [1.807, 2.05) is 19.3 Å². The zero-order chi connectivity index (χ0) is 15.9. The summed E-state index contributed by atoms with van der Waals surface area (Å²) in [6.45, 7) is 3.99. The summed E-state index contributed by atoms with van der Waals surface area (Å²) in [5, 5.41) is 5.13. The molecule has 0 radical (unpaired) electrons. The van der Waals surface area contributed by atoms with Gasteiger partial charge in [0, 0.05) is 32.6 Å². The van der Waals surface area contributed by atoms with Crippen LogP contribution in [0.3, 0.4) is 0 Å². The summed E-state index contributed by atoms with van der Waals surface area (Å²) in [6.07, 6.45) is 6.18. The number of carbonyl (C=O) groups excluding carboxylic acids is 2. The number of urea groups is 1. The van der Waals surface area contributed by atoms with Gasteiger partial charge in [0.1, 0.15) is 6.04 Å². The van der Waals surface area contributed by atoms with Gasteiger partial charge < -0.3 is 14.8 Å². The average Bonchev–Trinajstić information content (AvgIpc) is 3.07. The zero-order valence-electron chi connectivity index (χ0n) is 13.5. The number of likely N-dealkylation sites (tertiary alicyclic amines) is 1. The van der Waals surface area contributed by atoms with Gasteiger partial charge in [0.05, 0.1) is 12.2 Å². The third-order valence-electron chi connectivity index (χ3n) is 4.28. The molecule has 2 rings (SSSR count). The number of unbranched alkanes of at least 4 members (excludes halogenated alkanes) is 1. The van der Waals surface area contributed by atoms with Crippen molar-refractivity contribution in [2.75, 3.05) is 19.6 Å². The highest BCUT2D eigenvalue weighted by atomic mass is 16.2. The minimum Gasteiger partial charge on any atom is -0.350 e. The minimum absolute atomic E-state index is 0.204. The summed E-state index contributed by atoms with van der Waals surface area (Å²) in [4.78, 5) is 24.9. The Morgan fingerprint density at radius 3 is 2.95 bits per heavy atom. The van der Waals surface area contributed by atoms with E-state index in [0.717, 1.165) is 32.2 Å². The van der Waals surface area contributed by atoms with Crippen molar-refractivity contribution in [2.24, 2.45) is 7.05 Å². The normalized spacial score (nSPS) is 20.8. The zero-order valence-corrected chi connectivity index (χ0v) is 13.5. The Balaban J connectivity index is 1.83. The topological polar surface area (TPSA) is 67.6 Å². The number of hydrogen-bond acceptors (Lipinski definition) is 2. The maximum atomic E-state index is 12.0. The molecule has 0 bridgehead atoms. The molecule has 2 heterocycles. The molecule has 1 aliphatic rings. The lowest BCUT2D eigenvalue weighted by Gasteiger charge is -2.21. The number of nitrogens with one attached hydrogen (secondary N) is 3. The Bertz CT molecular complexity index is 512. The Kier molecular flexibility index (Phi) is 6.00. The van der Waals surface area contributed by atoms with Gasteiger partial charge in [0.25, 0.3) is 5.91 Å². The summed E-state index contributed by atoms with van der Waals surface area (Å²) in [5.74, 6) is -0.204. The van der Waals surface area contributed by atoms with Gasteiger partial charge in [-0.05, 0) is 18.6 Å². The first-order valence-electron chi connectivity index (χ1n) is 8.15. The van der Waals surface area contributed by atoms with E-state index in [1.54, 1.807) is 0 Å². The van der Waals surface area contributed by atoms with Crippen molar-refractivity contribution >= 4 is 11.9 Å². The van der Waals surface area contributed by atoms with E-state index in [1.165, 1.54) is 10.6 Å². The second-order valence-corrected chi connectivity index (χ2v) is 5.98. The predicted molar refractivity (Wildman–Crippen MR) is 84.5 cm³/mol. The second-order valence-electron chi connectivity index (χ2n) is 5.98. The van der Waals surface area contributed by atoms with Gasteiger partial charge in [-0.15, -0.1) is 0 Å². The summed E-state index contributed by atoms with van der Waals surface area (Å²) in [5.41, 5.74) is 1.26. The number of imide groups is 1. The van der Waals surface area contributed by atoms with Gasteiger partial charge >= 0.3 is 6.03 Å². The van der Waals surface area contributed by atoms with Crippen LogP contribution in [0.2, 0.25) is 0 Å². The molecule has 0 saturated carbocycles. The first kappa shape index (κ1) is 16.5. The van der Waals surface area contributed by atoms with E-state index in [2.05, 4.69) is 28.2 Å². The van der Waals surface area contributed by atoms with Crippen LogP contribution >= 0.6 is 0 Å². The molecule has 3 N–H and O–H groups in total. The molecule has 1 aliphatic heterocycles. The number of hydrogen-bond donors (Lipinski definition) is 3. The van der Waals surface area contributed by atoms with Gasteiger partial charge in [0.2, 0.25) is 0 Å². The van der Waals surface area contributed by atoms with Gasteiger partial charge in [-0.2, -0.15) is 0 Å². The highest BCUT2D eigenvalue weighted by Gasteiger charge is 2.33. The lowest BCUT2D eigenvalue weighted by atomic mass is 10.1. The van der Waals surface area contributed by atoms with Crippen LogP contribution in [0.5, 0.6) is 0 Å². The van der Waals surface area contributed by atoms with E-state index >= 15 is 0 Å². The molecule has 1 unspecified atom stereocenters. The fraction of sp³-hybridized carbons (Fsp3) is 0.625. The molecular formula is C16H27N4O2+. The highest BCUT2D eigenvalue weighted by Crippen LogP contribution is 2.18. The van der Waals surface area contributed by atoms with Crippen molar-refractivity contribution in [2.45, 2.75) is 38.6 Å². The van der Waals surface area contributed by atoms with E-state index in [9.17, 15) is 9.59 Å². The van der Waals surface area contributed by atoms with Crippen LogP contribution in [0.15, 0.2) is 18.3 Å². The molecular weight excluding hydrogens is 280 g/mol. The summed E-state index contributed by atoms with van der Waals surface area (Å²) >= 11 is 0.